The van der Waals surface area contributed by atoms with Gasteiger partial charge in [0.2, 0.25) is 5.91 Å². The van der Waals surface area contributed by atoms with Gasteiger partial charge in [0, 0.05) is 29.1 Å². The number of esters is 1. The quantitative estimate of drug-likeness (QED) is 0.226. The number of hydrogen-bond donors (Lipinski definition) is 2. The van der Waals surface area contributed by atoms with E-state index in [1.54, 1.807) is 0 Å². The molecule has 1 unspecified atom stereocenters. The summed E-state index contributed by atoms with van der Waals surface area (Å²) >= 11 is 0. The van der Waals surface area contributed by atoms with Gasteiger partial charge in [-0.2, -0.15) is 0 Å². The van der Waals surface area contributed by atoms with Crippen LogP contribution in [0.1, 0.15) is 75.3 Å². The number of H-pyrrole nitrogens is 1. The lowest BCUT2D eigenvalue weighted by Crippen LogP contribution is -2.31. The molecule has 0 saturated heterocycles. The van der Waals surface area contributed by atoms with Gasteiger partial charge in [-0.1, -0.05) is 24.3 Å². The van der Waals surface area contributed by atoms with Gasteiger partial charge < -0.3 is 24.2 Å². The zero-order valence-electron chi connectivity index (χ0n) is 23.6. The molecule has 4 rings (SSSR count). The molecule has 4 aromatic rings. The lowest BCUT2D eigenvalue weighted by Gasteiger charge is -2.22. The number of aromatic nitrogens is 1. The summed E-state index contributed by atoms with van der Waals surface area (Å²) in [7, 11) is 0. The monoisotopic (exact) mass is 530 g/mol. The number of carbonyl (C=O) groups excluding carboxylic acids is 2. The molecule has 0 aliphatic rings. The molecule has 7 heteroatoms. The van der Waals surface area contributed by atoms with Crippen molar-refractivity contribution >= 4 is 22.8 Å². The highest BCUT2D eigenvalue weighted by molar-refractivity contribution is 5.86. The van der Waals surface area contributed by atoms with Crippen LogP contribution in [0, 0.1) is 6.92 Å². The van der Waals surface area contributed by atoms with Crippen molar-refractivity contribution in [2.24, 2.45) is 0 Å². The molecule has 2 aromatic heterocycles. The Kier molecular flexibility index (Phi) is 8.48. The standard InChI is InChI=1S/C32H38N2O5/c1-20(2)37-27-10-8-7-9-24(27)31(28-15-11-21(3)38-28)34-29(35)18-22-12-14-26-25(17-22)23(19-33-26)13-16-30(36)39-32(4,5)6/h7-12,14-15,17,19-20,31,33H,13,16,18H2,1-6H3,(H,34,35). The van der Waals surface area contributed by atoms with E-state index in [1.165, 1.54) is 0 Å². The molecular weight excluding hydrogens is 492 g/mol. The Labute approximate surface area is 229 Å². The molecule has 0 fully saturated rings. The van der Waals surface area contributed by atoms with Gasteiger partial charge in [0.15, 0.2) is 0 Å². The number of aromatic amines is 1. The summed E-state index contributed by atoms with van der Waals surface area (Å²) < 4.78 is 17.4. The predicted molar refractivity (Wildman–Crippen MR) is 152 cm³/mol. The molecule has 0 aliphatic carbocycles. The van der Waals surface area contributed by atoms with E-state index >= 15 is 0 Å². The lowest BCUT2D eigenvalue weighted by atomic mass is 10.0. The summed E-state index contributed by atoms with van der Waals surface area (Å²) in [5, 5.41) is 4.16. The lowest BCUT2D eigenvalue weighted by molar-refractivity contribution is -0.154. The molecule has 0 spiro atoms. The zero-order valence-corrected chi connectivity index (χ0v) is 23.6. The molecule has 0 radical (unpaired) electrons. The van der Waals surface area contributed by atoms with Crippen LogP contribution in [-0.4, -0.2) is 28.6 Å². The van der Waals surface area contributed by atoms with E-state index in [0.717, 1.165) is 33.4 Å². The highest BCUT2D eigenvalue weighted by atomic mass is 16.6. The molecule has 0 saturated carbocycles. The van der Waals surface area contributed by atoms with Crippen LogP contribution >= 0.6 is 0 Å². The second-order valence-electron chi connectivity index (χ2n) is 11.1. The van der Waals surface area contributed by atoms with Crippen molar-refractivity contribution in [3.05, 3.63) is 89.0 Å². The van der Waals surface area contributed by atoms with Crippen LogP contribution < -0.4 is 10.1 Å². The van der Waals surface area contributed by atoms with E-state index in [2.05, 4.69) is 10.3 Å². The van der Waals surface area contributed by atoms with Crippen molar-refractivity contribution in [3.63, 3.8) is 0 Å². The van der Waals surface area contributed by atoms with Crippen molar-refractivity contribution in [3.8, 4) is 5.75 Å². The maximum atomic E-state index is 13.4. The highest BCUT2D eigenvalue weighted by Gasteiger charge is 2.24. The molecule has 1 amide bonds. The van der Waals surface area contributed by atoms with Crippen molar-refractivity contribution in [1.82, 2.24) is 10.3 Å². The molecule has 2 N–H and O–H groups in total. The van der Waals surface area contributed by atoms with Gasteiger partial charge in [-0.05, 0) is 89.4 Å². The minimum absolute atomic E-state index is 0.0153. The number of ether oxygens (including phenoxy) is 2. The molecular formula is C32H38N2O5. The topological polar surface area (TPSA) is 93.6 Å². The Bertz CT molecular complexity index is 1440. The summed E-state index contributed by atoms with van der Waals surface area (Å²) in [6.45, 7) is 11.4. The Morgan fingerprint density at radius 3 is 2.51 bits per heavy atom. The summed E-state index contributed by atoms with van der Waals surface area (Å²) in [4.78, 5) is 28.8. The largest absolute Gasteiger partial charge is 0.491 e. The Balaban J connectivity index is 1.52. The third-order valence-electron chi connectivity index (χ3n) is 6.16. The van der Waals surface area contributed by atoms with Gasteiger partial charge in [-0.15, -0.1) is 0 Å². The van der Waals surface area contributed by atoms with Crippen molar-refractivity contribution < 1.29 is 23.5 Å². The van der Waals surface area contributed by atoms with Gasteiger partial charge >= 0.3 is 5.97 Å². The molecule has 206 valence electrons. The fraction of sp³-hybridized carbons (Fsp3) is 0.375. The molecule has 2 heterocycles. The van der Waals surface area contributed by atoms with Crippen LogP contribution in [-0.2, 0) is 27.2 Å². The number of para-hydroxylation sites is 1. The third-order valence-corrected chi connectivity index (χ3v) is 6.16. The normalized spacial score (nSPS) is 12.5. The summed E-state index contributed by atoms with van der Waals surface area (Å²) in [5.41, 5.74) is 3.17. The number of fused-ring (bicyclic) bond motifs is 1. The zero-order chi connectivity index (χ0) is 28.2. The van der Waals surface area contributed by atoms with Crippen LogP contribution in [0.3, 0.4) is 0 Å². The number of nitrogens with one attached hydrogen (secondary N) is 2. The van der Waals surface area contributed by atoms with E-state index < -0.39 is 11.6 Å². The second-order valence-corrected chi connectivity index (χ2v) is 11.1. The van der Waals surface area contributed by atoms with Gasteiger partial charge in [0.1, 0.15) is 28.9 Å². The minimum Gasteiger partial charge on any atom is -0.491 e. The Morgan fingerprint density at radius 1 is 1.05 bits per heavy atom. The van der Waals surface area contributed by atoms with Gasteiger partial charge in [0.25, 0.3) is 0 Å². The maximum absolute atomic E-state index is 13.4. The van der Waals surface area contributed by atoms with E-state index in [0.29, 0.717) is 17.9 Å². The number of amides is 1. The van der Waals surface area contributed by atoms with Crippen LogP contribution in [0.5, 0.6) is 5.75 Å². The van der Waals surface area contributed by atoms with Crippen LogP contribution in [0.15, 0.2) is 65.2 Å². The maximum Gasteiger partial charge on any atom is 0.306 e. The van der Waals surface area contributed by atoms with Gasteiger partial charge in [-0.25, -0.2) is 0 Å². The van der Waals surface area contributed by atoms with Crippen molar-refractivity contribution in [1.29, 1.82) is 0 Å². The first-order valence-electron chi connectivity index (χ1n) is 13.4. The predicted octanol–water partition coefficient (Wildman–Crippen LogP) is 6.58. The van der Waals surface area contributed by atoms with Crippen LogP contribution in [0.2, 0.25) is 0 Å². The molecule has 0 aliphatic heterocycles. The summed E-state index contributed by atoms with van der Waals surface area (Å²) in [6.07, 6.45) is 2.93. The van der Waals surface area contributed by atoms with E-state index in [4.69, 9.17) is 13.9 Å². The third kappa shape index (κ3) is 7.53. The number of carbonyl (C=O) groups is 2. The number of furan rings is 1. The number of rotatable bonds is 10. The van der Waals surface area contributed by atoms with E-state index in [9.17, 15) is 9.59 Å². The van der Waals surface area contributed by atoms with E-state index in [-0.39, 0.29) is 30.8 Å². The van der Waals surface area contributed by atoms with Crippen LogP contribution in [0.4, 0.5) is 0 Å². The molecule has 7 nitrogen and oxygen atoms in total. The van der Waals surface area contributed by atoms with Gasteiger partial charge in [0.05, 0.1) is 12.5 Å². The fourth-order valence-corrected chi connectivity index (χ4v) is 4.56. The number of benzene rings is 2. The SMILES string of the molecule is Cc1ccc(C(NC(=O)Cc2ccc3[nH]cc(CCC(=O)OC(C)(C)C)c3c2)c2ccccc2OC(C)C)o1. The minimum atomic E-state index is -0.508. The smallest absolute Gasteiger partial charge is 0.306 e. The van der Waals surface area contributed by atoms with Gasteiger partial charge in [-0.3, -0.25) is 9.59 Å². The average molecular weight is 531 g/mol. The first-order valence-corrected chi connectivity index (χ1v) is 13.4. The molecule has 1 atom stereocenters. The molecule has 2 aromatic carbocycles. The average Bonchev–Trinajstić information content (AvgIpc) is 3.46. The highest BCUT2D eigenvalue weighted by Crippen LogP contribution is 2.32. The fourth-order valence-electron chi connectivity index (χ4n) is 4.56. The second kappa shape index (κ2) is 11.8. The van der Waals surface area contributed by atoms with Crippen molar-refractivity contribution in [2.45, 2.75) is 78.6 Å². The molecule has 39 heavy (non-hydrogen) atoms. The molecule has 0 bridgehead atoms. The first-order chi connectivity index (χ1) is 18.5. The van der Waals surface area contributed by atoms with E-state index in [1.807, 2.05) is 102 Å². The number of hydrogen-bond acceptors (Lipinski definition) is 5. The first kappa shape index (κ1) is 28.0. The Hall–Kier alpha value is -4.00. The van der Waals surface area contributed by atoms with Crippen molar-refractivity contribution in [2.75, 3.05) is 0 Å². The summed E-state index contributed by atoms with van der Waals surface area (Å²) in [6, 6.07) is 16.9. The summed E-state index contributed by atoms with van der Waals surface area (Å²) in [5.74, 6) is 1.75. The number of aryl methyl sites for hydroxylation is 2. The Morgan fingerprint density at radius 2 is 1.82 bits per heavy atom. The van der Waals surface area contributed by atoms with Crippen LogP contribution in [0.25, 0.3) is 10.9 Å².